The number of phenols is 2. The van der Waals surface area contributed by atoms with E-state index in [1.54, 1.807) is 0 Å². The molecule has 1 aliphatic heterocycles. The minimum Gasteiger partial charge on any atom is -0.507 e. The van der Waals surface area contributed by atoms with Gasteiger partial charge in [0.05, 0.1) is 23.8 Å². The van der Waals surface area contributed by atoms with Crippen molar-refractivity contribution in [3.05, 3.63) is 23.3 Å². The van der Waals surface area contributed by atoms with Crippen LogP contribution in [0.15, 0.2) is 12.1 Å². The lowest BCUT2D eigenvalue weighted by atomic mass is 9.96. The number of Topliss-reactive ketones (excluding diaryl/α,β-unsaturated/α-hetero) is 1. The number of ether oxygens (including phenoxy) is 3. The quantitative estimate of drug-likeness (QED) is 0.220. The molecule has 12 nitrogen and oxygen atoms in total. The van der Waals surface area contributed by atoms with Crippen molar-refractivity contribution in [2.24, 2.45) is 0 Å². The fourth-order valence-corrected chi connectivity index (χ4v) is 3.27. The molecule has 1 aliphatic rings. The fraction of sp³-hybridized carbons (Fsp3) is 0.579. The highest BCUT2D eigenvalue weighted by Gasteiger charge is 2.45. The first-order valence-corrected chi connectivity index (χ1v) is 9.30. The first-order chi connectivity index (χ1) is 14.5. The van der Waals surface area contributed by atoms with Crippen LogP contribution in [0.5, 0.6) is 11.5 Å². The molecule has 31 heavy (non-hydrogen) atoms. The van der Waals surface area contributed by atoms with Gasteiger partial charge >= 0.3 is 5.97 Å². The summed E-state index contributed by atoms with van der Waals surface area (Å²) in [5, 5.41) is 69.6. The normalized spacial score (nSPS) is 28.1. The Kier molecular flexibility index (Phi) is 8.31. The molecule has 1 aromatic carbocycles. The average Bonchev–Trinajstić information content (AvgIpc) is 2.71. The molecule has 1 saturated heterocycles. The van der Waals surface area contributed by atoms with Gasteiger partial charge < -0.3 is 50.0 Å². The summed E-state index contributed by atoms with van der Waals surface area (Å²) < 4.78 is 15.7. The topological polar surface area (TPSA) is 203 Å². The van der Waals surface area contributed by atoms with Crippen LogP contribution in [0.3, 0.4) is 0 Å². The molecular weight excluding hydrogens is 420 g/mol. The van der Waals surface area contributed by atoms with Crippen molar-refractivity contribution in [1.82, 2.24) is 0 Å². The zero-order valence-electron chi connectivity index (χ0n) is 16.8. The SMILES string of the molecule is CO[C@@H](C[C@H](O[C@@H]1O[C@@H](CO)[C@@H](O)[C@@H](O)[C@H]1O)c1c(O)ccc(C(C)=O)c1O)C(=O)O. The maximum Gasteiger partial charge on any atom is 0.332 e. The second-order valence-electron chi connectivity index (χ2n) is 7.07. The molecule has 0 bridgehead atoms. The maximum atomic E-state index is 11.8. The Morgan fingerprint density at radius 3 is 2.29 bits per heavy atom. The van der Waals surface area contributed by atoms with E-state index < -0.39 is 79.2 Å². The minimum absolute atomic E-state index is 0.181. The number of rotatable bonds is 9. The Hall–Kier alpha value is -2.32. The molecule has 0 spiro atoms. The van der Waals surface area contributed by atoms with Crippen LogP contribution in [-0.4, -0.2) is 98.0 Å². The van der Waals surface area contributed by atoms with Crippen molar-refractivity contribution in [1.29, 1.82) is 0 Å². The molecule has 0 unspecified atom stereocenters. The molecule has 1 fully saturated rings. The van der Waals surface area contributed by atoms with Gasteiger partial charge in [0, 0.05) is 13.5 Å². The Labute approximate surface area is 176 Å². The van der Waals surface area contributed by atoms with E-state index in [4.69, 9.17) is 14.2 Å². The number of aliphatic carboxylic acids is 1. The number of hydrogen-bond acceptors (Lipinski definition) is 11. The van der Waals surface area contributed by atoms with Crippen molar-refractivity contribution in [2.75, 3.05) is 13.7 Å². The van der Waals surface area contributed by atoms with E-state index >= 15 is 0 Å². The van der Waals surface area contributed by atoms with Crippen molar-refractivity contribution < 1.29 is 59.5 Å². The van der Waals surface area contributed by atoms with Crippen LogP contribution in [0.2, 0.25) is 0 Å². The van der Waals surface area contributed by atoms with Gasteiger partial charge in [0.1, 0.15) is 35.9 Å². The van der Waals surface area contributed by atoms with Gasteiger partial charge in [-0.15, -0.1) is 0 Å². The number of carboxylic acids is 1. The molecule has 0 aromatic heterocycles. The number of phenolic OH excluding ortho intramolecular Hbond substituents is 2. The van der Waals surface area contributed by atoms with E-state index in [2.05, 4.69) is 0 Å². The third-order valence-corrected chi connectivity index (χ3v) is 5.03. The summed E-state index contributed by atoms with van der Waals surface area (Å²) in [6, 6.07) is 2.25. The second-order valence-corrected chi connectivity index (χ2v) is 7.07. The summed E-state index contributed by atoms with van der Waals surface area (Å²) in [7, 11) is 1.11. The van der Waals surface area contributed by atoms with Crippen LogP contribution in [0.4, 0.5) is 0 Å². The number of methoxy groups -OCH3 is 1. The number of hydrogen-bond donors (Lipinski definition) is 7. The summed E-state index contributed by atoms with van der Waals surface area (Å²) in [5.74, 6) is -3.17. The lowest BCUT2D eigenvalue weighted by molar-refractivity contribution is -0.314. The number of ketones is 1. The highest BCUT2D eigenvalue weighted by atomic mass is 16.7. The van der Waals surface area contributed by atoms with Crippen LogP contribution in [0, 0.1) is 0 Å². The maximum absolute atomic E-state index is 11.8. The molecule has 0 radical (unpaired) electrons. The Morgan fingerprint density at radius 2 is 1.77 bits per heavy atom. The molecule has 1 heterocycles. The molecular formula is C19H26O12. The first kappa shape index (κ1) is 24.9. The third-order valence-electron chi connectivity index (χ3n) is 5.03. The number of carbonyl (C=O) groups excluding carboxylic acids is 1. The molecule has 0 aliphatic carbocycles. The van der Waals surface area contributed by atoms with Crippen LogP contribution in [0.25, 0.3) is 0 Å². The number of aliphatic hydroxyl groups excluding tert-OH is 4. The summed E-state index contributed by atoms with van der Waals surface area (Å²) in [6.45, 7) is 0.431. The van der Waals surface area contributed by atoms with Gasteiger partial charge in [0.15, 0.2) is 18.2 Å². The summed E-state index contributed by atoms with van der Waals surface area (Å²) in [5.41, 5.74) is -0.549. The smallest absolute Gasteiger partial charge is 0.332 e. The first-order valence-electron chi connectivity index (χ1n) is 9.30. The van der Waals surface area contributed by atoms with Gasteiger partial charge in [-0.25, -0.2) is 4.79 Å². The van der Waals surface area contributed by atoms with Gasteiger partial charge in [-0.1, -0.05) is 0 Å². The number of aliphatic hydroxyl groups is 4. The van der Waals surface area contributed by atoms with Crippen LogP contribution in [-0.2, 0) is 19.0 Å². The highest BCUT2D eigenvalue weighted by molar-refractivity contribution is 5.97. The Morgan fingerprint density at radius 1 is 1.13 bits per heavy atom. The zero-order chi connectivity index (χ0) is 23.5. The Balaban J connectivity index is 2.49. The van der Waals surface area contributed by atoms with E-state index in [1.165, 1.54) is 6.92 Å². The van der Waals surface area contributed by atoms with Gasteiger partial charge in [-0.05, 0) is 19.1 Å². The molecule has 2 rings (SSSR count). The molecule has 0 amide bonds. The number of benzene rings is 1. The third kappa shape index (κ3) is 5.30. The summed E-state index contributed by atoms with van der Waals surface area (Å²) >= 11 is 0. The van der Waals surface area contributed by atoms with Crippen molar-refractivity contribution in [3.8, 4) is 11.5 Å². The van der Waals surface area contributed by atoms with Crippen molar-refractivity contribution in [2.45, 2.75) is 56.3 Å². The van der Waals surface area contributed by atoms with Crippen LogP contribution in [0.1, 0.15) is 35.4 Å². The summed E-state index contributed by atoms with van der Waals surface area (Å²) in [6.07, 6.45) is -11.8. The highest BCUT2D eigenvalue weighted by Crippen LogP contribution is 2.41. The fourth-order valence-electron chi connectivity index (χ4n) is 3.27. The molecule has 12 heteroatoms. The van der Waals surface area contributed by atoms with E-state index in [9.17, 15) is 45.3 Å². The molecule has 0 saturated carbocycles. The lowest BCUT2D eigenvalue weighted by Gasteiger charge is -2.41. The zero-order valence-corrected chi connectivity index (χ0v) is 16.8. The van der Waals surface area contributed by atoms with Crippen LogP contribution >= 0.6 is 0 Å². The second kappa shape index (κ2) is 10.3. The minimum atomic E-state index is -1.83. The van der Waals surface area contributed by atoms with Gasteiger partial charge in [-0.2, -0.15) is 0 Å². The monoisotopic (exact) mass is 446 g/mol. The molecule has 7 atom stereocenters. The predicted octanol–water partition coefficient (Wildman–Crippen LogP) is -1.35. The molecule has 7 N–H and O–H groups in total. The van der Waals surface area contributed by atoms with Crippen LogP contribution < -0.4 is 0 Å². The largest absolute Gasteiger partial charge is 0.507 e. The van der Waals surface area contributed by atoms with E-state index in [0.717, 1.165) is 19.2 Å². The van der Waals surface area contributed by atoms with Crippen molar-refractivity contribution in [3.63, 3.8) is 0 Å². The van der Waals surface area contributed by atoms with Crippen molar-refractivity contribution >= 4 is 11.8 Å². The lowest BCUT2D eigenvalue weighted by Crippen LogP contribution is -2.59. The van der Waals surface area contributed by atoms with Gasteiger partial charge in [0.25, 0.3) is 0 Å². The summed E-state index contributed by atoms with van der Waals surface area (Å²) in [4.78, 5) is 23.2. The molecule has 174 valence electrons. The average molecular weight is 446 g/mol. The van der Waals surface area contributed by atoms with Gasteiger partial charge in [0.2, 0.25) is 0 Å². The number of aromatic hydroxyl groups is 2. The number of carbonyl (C=O) groups is 2. The Bertz CT molecular complexity index is 794. The van der Waals surface area contributed by atoms with E-state index in [-0.39, 0.29) is 11.1 Å². The number of carboxylic acid groups (broad SMARTS) is 1. The standard InChI is InChI=1S/C19H26O12/c1-7(21)8-3-4-9(22)13(14(8)23)10(5-11(29-2)18(27)28)30-19-17(26)16(25)15(24)12(6-20)31-19/h3-4,10-12,15-17,19-20,22-26H,5-6H2,1-2H3,(H,27,28)/t10-,11-,12-,15+,16+,17+,19+/m0/s1. The predicted molar refractivity (Wildman–Crippen MR) is 100 cm³/mol. The van der Waals surface area contributed by atoms with E-state index in [0.29, 0.717) is 0 Å². The van der Waals surface area contributed by atoms with E-state index in [1.807, 2.05) is 0 Å². The molecule has 1 aromatic rings. The van der Waals surface area contributed by atoms with Gasteiger partial charge in [-0.3, -0.25) is 4.79 Å².